The third-order valence-electron chi connectivity index (χ3n) is 4.15. The van der Waals surface area contributed by atoms with E-state index in [1.54, 1.807) is 27.7 Å². The van der Waals surface area contributed by atoms with Crippen molar-refractivity contribution in [2.24, 2.45) is 0 Å². The molecule has 10 heteroatoms. The number of ether oxygens (including phenoxy) is 5. The number of rotatable bonds is 3. The molecule has 0 aromatic rings. The number of methoxy groups -OCH3 is 1. The molecule has 2 aliphatic heterocycles. The van der Waals surface area contributed by atoms with Gasteiger partial charge in [0.05, 0.1) is 0 Å². The van der Waals surface area contributed by atoms with Gasteiger partial charge in [-0.2, -0.15) is 0 Å². The van der Waals surface area contributed by atoms with Crippen LogP contribution in [0.5, 0.6) is 0 Å². The number of phosphoric acid groups is 1. The molecular weight excluding hydrogens is 331 g/mol. The average molecular weight is 354 g/mol. The summed E-state index contributed by atoms with van der Waals surface area (Å²) in [4.78, 5) is 18.5. The Balaban J connectivity index is 1.97. The van der Waals surface area contributed by atoms with E-state index in [2.05, 4.69) is 0 Å². The summed E-state index contributed by atoms with van der Waals surface area (Å²) in [7, 11) is -3.33. The number of hydrogen-bond donors (Lipinski definition) is 2. The van der Waals surface area contributed by atoms with Crippen molar-refractivity contribution in [1.29, 1.82) is 0 Å². The lowest BCUT2D eigenvalue weighted by atomic mass is 9.85. The van der Waals surface area contributed by atoms with E-state index < -0.39 is 56.0 Å². The molecule has 2 heterocycles. The third-order valence-corrected chi connectivity index (χ3v) is 4.67. The van der Waals surface area contributed by atoms with Crippen molar-refractivity contribution < 1.29 is 42.6 Å². The fourth-order valence-corrected chi connectivity index (χ4v) is 4.13. The Morgan fingerprint density at radius 1 is 0.826 bits per heavy atom. The lowest BCUT2D eigenvalue weighted by molar-refractivity contribution is -0.187. The number of fused-ring (bicyclic) bond motifs is 3. The maximum absolute atomic E-state index is 11.4. The molecule has 3 fully saturated rings. The van der Waals surface area contributed by atoms with Gasteiger partial charge in [0.2, 0.25) is 0 Å². The van der Waals surface area contributed by atoms with Crippen LogP contribution in [0.1, 0.15) is 27.7 Å². The normalized spacial score (nSPS) is 44.8. The van der Waals surface area contributed by atoms with E-state index >= 15 is 0 Å². The Morgan fingerprint density at radius 2 is 1.22 bits per heavy atom. The SMILES string of the molecule is COC1C2OC(C)(C)OC2C2OC(C)(C)OC2C1OP(=O)(O)O. The van der Waals surface area contributed by atoms with Gasteiger partial charge < -0.3 is 33.5 Å². The van der Waals surface area contributed by atoms with E-state index in [0.717, 1.165) is 0 Å². The van der Waals surface area contributed by atoms with Gasteiger partial charge in [-0.25, -0.2) is 4.57 Å². The molecule has 0 aromatic heterocycles. The first-order valence-corrected chi connectivity index (χ1v) is 8.93. The van der Waals surface area contributed by atoms with Crippen molar-refractivity contribution in [3.05, 3.63) is 0 Å². The molecule has 2 saturated heterocycles. The van der Waals surface area contributed by atoms with Crippen LogP contribution in [0.3, 0.4) is 0 Å². The Kier molecular flexibility index (Phi) is 4.20. The van der Waals surface area contributed by atoms with Gasteiger partial charge in [0.25, 0.3) is 0 Å². The van der Waals surface area contributed by atoms with Gasteiger partial charge in [0.15, 0.2) is 11.6 Å². The van der Waals surface area contributed by atoms with Crippen LogP contribution < -0.4 is 0 Å². The summed E-state index contributed by atoms with van der Waals surface area (Å²) in [6, 6.07) is 0. The molecule has 6 atom stereocenters. The van der Waals surface area contributed by atoms with Gasteiger partial charge >= 0.3 is 7.82 Å². The zero-order chi connectivity index (χ0) is 17.2. The number of hydrogen-bond acceptors (Lipinski definition) is 7. The van der Waals surface area contributed by atoms with Crippen molar-refractivity contribution in [3.8, 4) is 0 Å². The monoisotopic (exact) mass is 354 g/mol. The lowest BCUT2D eigenvalue weighted by Gasteiger charge is -2.41. The second kappa shape index (κ2) is 5.45. The summed E-state index contributed by atoms with van der Waals surface area (Å²) in [6.45, 7) is 6.95. The van der Waals surface area contributed by atoms with Crippen molar-refractivity contribution >= 4 is 7.82 Å². The van der Waals surface area contributed by atoms with Crippen LogP contribution in [-0.2, 0) is 32.8 Å². The first-order chi connectivity index (χ1) is 10.4. The predicted molar refractivity (Wildman–Crippen MR) is 75.4 cm³/mol. The van der Waals surface area contributed by atoms with E-state index in [4.69, 9.17) is 28.2 Å². The molecule has 1 aliphatic carbocycles. The van der Waals surface area contributed by atoms with Crippen LogP contribution in [0.4, 0.5) is 0 Å². The zero-order valence-corrected chi connectivity index (χ0v) is 14.6. The maximum Gasteiger partial charge on any atom is 0.470 e. The summed E-state index contributed by atoms with van der Waals surface area (Å²) >= 11 is 0. The van der Waals surface area contributed by atoms with E-state index in [9.17, 15) is 14.4 Å². The molecule has 2 N–H and O–H groups in total. The minimum absolute atomic E-state index is 0.488. The molecule has 0 aromatic carbocycles. The fraction of sp³-hybridized carbons (Fsp3) is 1.00. The Bertz CT molecular complexity index is 516. The van der Waals surface area contributed by atoms with Crippen LogP contribution in [0.15, 0.2) is 0 Å². The maximum atomic E-state index is 11.4. The topological polar surface area (TPSA) is 113 Å². The van der Waals surface area contributed by atoms with Crippen LogP contribution in [0.2, 0.25) is 0 Å². The summed E-state index contributed by atoms with van der Waals surface area (Å²) in [5.74, 6) is -1.81. The molecule has 0 spiro atoms. The van der Waals surface area contributed by atoms with Crippen LogP contribution >= 0.6 is 7.82 Å². The Labute approximate surface area is 134 Å². The second-order valence-corrected chi connectivity index (χ2v) is 8.08. The Hall–Kier alpha value is -0.0900. The van der Waals surface area contributed by atoms with Crippen LogP contribution in [0, 0.1) is 0 Å². The van der Waals surface area contributed by atoms with Gasteiger partial charge in [0.1, 0.15) is 36.6 Å². The third kappa shape index (κ3) is 3.35. The summed E-state index contributed by atoms with van der Waals surface area (Å²) < 4.78 is 45.2. The molecule has 1 saturated carbocycles. The minimum Gasteiger partial charge on any atom is -0.376 e. The average Bonchev–Trinajstić information content (AvgIpc) is 2.83. The molecule has 6 unspecified atom stereocenters. The van der Waals surface area contributed by atoms with Crippen molar-refractivity contribution in [3.63, 3.8) is 0 Å². The van der Waals surface area contributed by atoms with Crippen molar-refractivity contribution in [1.82, 2.24) is 0 Å². The Morgan fingerprint density at radius 3 is 1.61 bits per heavy atom. The predicted octanol–water partition coefficient (Wildman–Crippen LogP) is 0.533. The lowest BCUT2D eigenvalue weighted by Crippen LogP contribution is -2.62. The van der Waals surface area contributed by atoms with Gasteiger partial charge in [-0.3, -0.25) is 4.52 Å². The first-order valence-electron chi connectivity index (χ1n) is 7.40. The molecule has 134 valence electrons. The highest BCUT2D eigenvalue weighted by Crippen LogP contribution is 2.50. The van der Waals surface area contributed by atoms with Crippen molar-refractivity contribution in [2.75, 3.05) is 7.11 Å². The molecule has 3 aliphatic rings. The largest absolute Gasteiger partial charge is 0.470 e. The van der Waals surface area contributed by atoms with Crippen LogP contribution in [-0.4, -0.2) is 65.1 Å². The highest BCUT2D eigenvalue weighted by atomic mass is 31.2. The summed E-state index contributed by atoms with van der Waals surface area (Å²) in [5, 5.41) is 0. The second-order valence-electron chi connectivity index (χ2n) is 6.89. The van der Waals surface area contributed by atoms with Gasteiger partial charge in [-0.15, -0.1) is 0 Å². The molecule has 3 rings (SSSR count). The number of phosphoric ester groups is 1. The highest BCUT2D eigenvalue weighted by molar-refractivity contribution is 7.46. The van der Waals surface area contributed by atoms with Crippen LogP contribution in [0.25, 0.3) is 0 Å². The smallest absolute Gasteiger partial charge is 0.376 e. The standard InChI is InChI=1S/C13H23O9P/c1-12(2)18-7-6(17-5)11(22-23(14,15)16)10-9(8(7)19-12)20-13(3,4)21-10/h6-11H,1-5H3,(H2,14,15,16). The molecule has 0 bridgehead atoms. The summed E-state index contributed by atoms with van der Waals surface area (Å²) in [5.41, 5.74) is 0. The fourth-order valence-electron chi connectivity index (χ4n) is 3.57. The quantitative estimate of drug-likeness (QED) is 0.701. The first kappa shape index (κ1) is 17.7. The van der Waals surface area contributed by atoms with E-state index in [-0.39, 0.29) is 0 Å². The summed E-state index contributed by atoms with van der Waals surface area (Å²) in [6.07, 6.45) is -4.23. The van der Waals surface area contributed by atoms with Gasteiger partial charge in [-0.05, 0) is 27.7 Å². The van der Waals surface area contributed by atoms with Gasteiger partial charge in [-0.1, -0.05) is 0 Å². The molecular formula is C13H23O9P. The van der Waals surface area contributed by atoms with E-state index in [1.807, 2.05) is 0 Å². The molecule has 0 amide bonds. The molecule has 23 heavy (non-hydrogen) atoms. The molecule has 0 radical (unpaired) electrons. The minimum atomic E-state index is -4.76. The van der Waals surface area contributed by atoms with Gasteiger partial charge in [0, 0.05) is 7.11 Å². The van der Waals surface area contributed by atoms with Crippen molar-refractivity contribution in [2.45, 2.75) is 75.9 Å². The molecule has 9 nitrogen and oxygen atoms in total. The zero-order valence-electron chi connectivity index (χ0n) is 13.7. The van der Waals surface area contributed by atoms with E-state index in [0.29, 0.717) is 0 Å². The highest BCUT2D eigenvalue weighted by Gasteiger charge is 2.65. The van der Waals surface area contributed by atoms with E-state index in [1.165, 1.54) is 7.11 Å².